The van der Waals surface area contributed by atoms with Crippen molar-refractivity contribution < 1.29 is 35.7 Å². The molecule has 16 heavy (non-hydrogen) atoms. The summed E-state index contributed by atoms with van der Waals surface area (Å²) in [5.74, 6) is 1.46. The van der Waals surface area contributed by atoms with Gasteiger partial charge in [0.1, 0.15) is 13.3 Å². The van der Waals surface area contributed by atoms with Crippen molar-refractivity contribution in [2.24, 2.45) is 0 Å². The van der Waals surface area contributed by atoms with E-state index in [0.717, 1.165) is 0 Å². The second-order valence-electron chi connectivity index (χ2n) is 2.39. The van der Waals surface area contributed by atoms with Gasteiger partial charge in [-0.1, -0.05) is 5.92 Å². The van der Waals surface area contributed by atoms with Gasteiger partial charge in [-0.15, -0.1) is 6.42 Å². The number of carbonyl (C=O) groups is 1. The van der Waals surface area contributed by atoms with E-state index in [4.69, 9.17) is 11.5 Å². The number of halogens is 3. The molecule has 6 heteroatoms. The predicted octanol–water partition coefficient (Wildman–Crippen LogP) is -2.29. The third-order valence-corrected chi connectivity index (χ3v) is 0.759. The minimum Gasteiger partial charge on any atom is -1.00 e. The monoisotopic (exact) mass is 306 g/mol. The summed E-state index contributed by atoms with van der Waals surface area (Å²) in [5.41, 5.74) is -1.56. The number of aliphatic hydroxyl groups is 1. The summed E-state index contributed by atoms with van der Waals surface area (Å²) in [5, 5.41) is 8.52. The molecule has 1 unspecified atom stereocenters. The van der Waals surface area contributed by atoms with Gasteiger partial charge >= 0.3 is 23.1 Å². The van der Waals surface area contributed by atoms with Crippen molar-refractivity contribution in [3.63, 3.8) is 0 Å². The van der Waals surface area contributed by atoms with Crippen LogP contribution in [-0.2, 0) is 4.79 Å². The average molecular weight is 307 g/mol. The number of hydrogen-bond donors (Lipinski definition) is 1. The Morgan fingerprint density at radius 3 is 1.75 bits per heavy atom. The maximum Gasteiger partial charge on any atom is 2.00 e. The predicted molar refractivity (Wildman–Crippen MR) is 56.0 cm³/mol. The molecule has 0 spiro atoms. The number of carbonyl (C=O) groups excluding carboxylic acids is 1. The standard InChI is InChI=1S/C5H7FO.C3H5FO.C2H.BrH.Mg/c1-3-5(2,7)4-6;1-3(5)2-4;1-2;;/h1,7H,4H2,2H3;2H2,1H3;1H;1H;/q;;-1;;+2/p-1. The summed E-state index contributed by atoms with van der Waals surface area (Å²) in [6, 6.07) is 0. The Kier molecular flexibility index (Phi) is 37.7. The van der Waals surface area contributed by atoms with Crippen LogP contribution in [0, 0.1) is 25.2 Å². The number of ketones is 1. The molecule has 0 rings (SSSR count). The second kappa shape index (κ2) is 20.3. The number of alkyl halides is 2. The summed E-state index contributed by atoms with van der Waals surface area (Å²) in [7, 11) is 0. The number of Topliss-reactive ketones (excluding diaryl/α,β-unsaturated/α-hetero) is 1. The van der Waals surface area contributed by atoms with E-state index in [9.17, 15) is 13.6 Å². The maximum absolute atomic E-state index is 11.4. The maximum atomic E-state index is 11.4. The van der Waals surface area contributed by atoms with Crippen LogP contribution in [0.15, 0.2) is 0 Å². The van der Waals surface area contributed by atoms with Crippen LogP contribution in [0.1, 0.15) is 13.8 Å². The van der Waals surface area contributed by atoms with Gasteiger partial charge in [-0.3, -0.25) is 4.79 Å². The zero-order valence-electron chi connectivity index (χ0n) is 9.27. The van der Waals surface area contributed by atoms with E-state index in [1.807, 2.05) is 5.92 Å². The van der Waals surface area contributed by atoms with Crippen molar-refractivity contribution in [2.45, 2.75) is 19.4 Å². The molecule has 88 valence electrons. The molecule has 0 aromatic carbocycles. The quantitative estimate of drug-likeness (QED) is 0.354. The van der Waals surface area contributed by atoms with Crippen LogP contribution in [0.5, 0.6) is 0 Å². The minimum atomic E-state index is -1.56. The van der Waals surface area contributed by atoms with Crippen molar-refractivity contribution >= 4 is 28.8 Å². The molecule has 0 bridgehead atoms. The molecule has 0 heterocycles. The van der Waals surface area contributed by atoms with E-state index < -0.39 is 24.7 Å². The van der Waals surface area contributed by atoms with E-state index in [-0.39, 0.29) is 40.0 Å². The number of rotatable bonds is 2. The third kappa shape index (κ3) is 37.1. The SMILES string of the molecule is C#CC(C)(O)CF.CC(=O)CF.[Br-].[C-]#C.[Mg+2]. The Balaban J connectivity index is -0.0000000404. The Morgan fingerprint density at radius 2 is 1.75 bits per heavy atom. The van der Waals surface area contributed by atoms with Crippen molar-refractivity contribution in [1.82, 2.24) is 0 Å². The zero-order valence-corrected chi connectivity index (χ0v) is 12.3. The molecular weight excluding hydrogens is 294 g/mol. The smallest absolute Gasteiger partial charge is 1.00 e. The van der Waals surface area contributed by atoms with Gasteiger partial charge in [-0.05, 0) is 13.8 Å². The first-order chi connectivity index (χ1) is 6.39. The topological polar surface area (TPSA) is 37.3 Å². The fraction of sp³-hybridized carbons (Fsp3) is 0.500. The Morgan fingerprint density at radius 1 is 1.50 bits per heavy atom. The van der Waals surface area contributed by atoms with Gasteiger partial charge in [0, 0.05) is 0 Å². The molecule has 1 atom stereocenters. The molecule has 2 nitrogen and oxygen atoms in total. The molecule has 0 saturated carbocycles. The van der Waals surface area contributed by atoms with Gasteiger partial charge in [0.25, 0.3) is 0 Å². The van der Waals surface area contributed by atoms with Gasteiger partial charge < -0.3 is 34.9 Å². The van der Waals surface area contributed by atoms with Gasteiger partial charge in [-0.2, -0.15) is 0 Å². The van der Waals surface area contributed by atoms with Crippen LogP contribution >= 0.6 is 0 Å². The second-order valence-corrected chi connectivity index (χ2v) is 2.39. The van der Waals surface area contributed by atoms with Gasteiger partial charge in [0.2, 0.25) is 0 Å². The van der Waals surface area contributed by atoms with Crippen molar-refractivity contribution in [2.75, 3.05) is 13.3 Å². The Labute approximate surface area is 122 Å². The normalized spacial score (nSPS) is 10.1. The minimum absolute atomic E-state index is 0. The van der Waals surface area contributed by atoms with E-state index >= 15 is 0 Å². The van der Waals surface area contributed by atoms with Crippen LogP contribution < -0.4 is 17.0 Å². The molecule has 0 aromatic heterocycles. The van der Waals surface area contributed by atoms with Crippen LogP contribution in [0.3, 0.4) is 0 Å². The fourth-order valence-electron chi connectivity index (χ4n) is 0.0386. The first kappa shape index (κ1) is 29.7. The molecule has 0 amide bonds. The third-order valence-electron chi connectivity index (χ3n) is 0.759. The van der Waals surface area contributed by atoms with Crippen LogP contribution in [0.25, 0.3) is 0 Å². The molecule has 1 N–H and O–H groups in total. The number of hydrogen-bond acceptors (Lipinski definition) is 2. The Hall–Kier alpha value is -0.144. The van der Waals surface area contributed by atoms with Crippen molar-refractivity contribution in [1.29, 1.82) is 0 Å². The van der Waals surface area contributed by atoms with E-state index in [0.29, 0.717) is 0 Å². The first-order valence-electron chi connectivity index (χ1n) is 3.50. The summed E-state index contributed by atoms with van der Waals surface area (Å²) < 4.78 is 22.1. The Bertz CT molecular complexity index is 213. The van der Waals surface area contributed by atoms with E-state index in [1.54, 1.807) is 0 Å². The molecule has 0 fully saturated rings. The average Bonchev–Trinajstić information content (AvgIpc) is 2.21. The molecule has 0 aliphatic rings. The molecule has 0 aromatic rings. The summed E-state index contributed by atoms with van der Waals surface area (Å²) in [6.07, 6.45) is 13.7. The first-order valence-corrected chi connectivity index (χ1v) is 3.50. The molecule has 0 aliphatic carbocycles. The van der Waals surface area contributed by atoms with Crippen molar-refractivity contribution in [3.8, 4) is 18.8 Å². The van der Waals surface area contributed by atoms with Gasteiger partial charge in [0.15, 0.2) is 11.4 Å². The van der Waals surface area contributed by atoms with Gasteiger partial charge in [0.05, 0.1) is 0 Å². The number of terminal acetylenes is 2. The van der Waals surface area contributed by atoms with Crippen LogP contribution in [-0.4, -0.2) is 52.9 Å². The summed E-state index contributed by atoms with van der Waals surface area (Å²) in [6.45, 7) is 0.733. The zero-order chi connectivity index (χ0) is 12.2. The van der Waals surface area contributed by atoms with Crippen LogP contribution in [0.2, 0.25) is 0 Å². The van der Waals surface area contributed by atoms with Crippen molar-refractivity contribution in [3.05, 3.63) is 6.42 Å². The van der Waals surface area contributed by atoms with E-state index in [1.165, 1.54) is 13.8 Å². The molecule has 0 saturated heterocycles. The fourth-order valence-corrected chi connectivity index (χ4v) is 0.0386. The van der Waals surface area contributed by atoms with Gasteiger partial charge in [-0.25, -0.2) is 8.78 Å². The largest absolute Gasteiger partial charge is 2.00 e. The summed E-state index contributed by atoms with van der Waals surface area (Å²) in [4.78, 5) is 9.44. The van der Waals surface area contributed by atoms with Crippen LogP contribution in [0.4, 0.5) is 8.78 Å². The molecular formula is C10H13BrF2MgO2. The van der Waals surface area contributed by atoms with E-state index in [2.05, 4.69) is 12.8 Å². The molecule has 0 radical (unpaired) electrons. The summed E-state index contributed by atoms with van der Waals surface area (Å²) >= 11 is 0. The molecule has 0 aliphatic heterocycles.